The molecule has 2 heteroatoms. The molecular formula is C14H23NO. The van der Waals surface area contributed by atoms with E-state index in [0.29, 0.717) is 12.0 Å². The zero-order valence-corrected chi connectivity index (χ0v) is 10.6. The normalized spacial score (nSPS) is 13.0. The molecule has 1 aromatic carbocycles. The fourth-order valence-corrected chi connectivity index (χ4v) is 1.78. The first-order valence-electron chi connectivity index (χ1n) is 5.98. The second-order valence-electron chi connectivity index (χ2n) is 4.57. The number of rotatable bonds is 7. The third-order valence-corrected chi connectivity index (χ3v) is 2.58. The van der Waals surface area contributed by atoms with Gasteiger partial charge in [-0.2, -0.15) is 0 Å². The third-order valence-electron chi connectivity index (χ3n) is 2.58. The number of methoxy groups -OCH3 is 1. The standard InChI is InChI=1S/C14H23NO/c1-12(2)15-10-14(11-16-3)9-13-7-5-4-6-8-13/h4-8,12,14-15H,9-11H2,1-3H3. The van der Waals surface area contributed by atoms with E-state index in [4.69, 9.17) is 4.74 Å². The summed E-state index contributed by atoms with van der Waals surface area (Å²) in [7, 11) is 1.77. The van der Waals surface area contributed by atoms with Gasteiger partial charge in [-0.15, -0.1) is 0 Å². The summed E-state index contributed by atoms with van der Waals surface area (Å²) in [5, 5.41) is 3.47. The van der Waals surface area contributed by atoms with E-state index in [0.717, 1.165) is 19.6 Å². The molecule has 0 bridgehead atoms. The van der Waals surface area contributed by atoms with Gasteiger partial charge in [0.25, 0.3) is 0 Å². The summed E-state index contributed by atoms with van der Waals surface area (Å²) in [6.07, 6.45) is 1.08. The molecule has 1 unspecified atom stereocenters. The van der Waals surface area contributed by atoms with Crippen LogP contribution >= 0.6 is 0 Å². The van der Waals surface area contributed by atoms with Crippen molar-refractivity contribution in [3.05, 3.63) is 35.9 Å². The topological polar surface area (TPSA) is 21.3 Å². The van der Waals surface area contributed by atoms with Gasteiger partial charge in [0.2, 0.25) is 0 Å². The molecule has 1 rings (SSSR count). The van der Waals surface area contributed by atoms with Crippen molar-refractivity contribution in [3.8, 4) is 0 Å². The van der Waals surface area contributed by atoms with Crippen molar-refractivity contribution in [3.63, 3.8) is 0 Å². The molecule has 0 saturated heterocycles. The lowest BCUT2D eigenvalue weighted by Crippen LogP contribution is -2.32. The van der Waals surface area contributed by atoms with Gasteiger partial charge in [0.15, 0.2) is 0 Å². The molecule has 2 nitrogen and oxygen atoms in total. The fourth-order valence-electron chi connectivity index (χ4n) is 1.78. The average Bonchev–Trinajstić information content (AvgIpc) is 2.27. The van der Waals surface area contributed by atoms with Crippen LogP contribution in [-0.2, 0) is 11.2 Å². The van der Waals surface area contributed by atoms with Gasteiger partial charge in [-0.3, -0.25) is 0 Å². The largest absolute Gasteiger partial charge is 0.384 e. The Morgan fingerprint density at radius 1 is 1.19 bits per heavy atom. The first kappa shape index (κ1) is 13.2. The lowest BCUT2D eigenvalue weighted by Gasteiger charge is -2.18. The summed E-state index contributed by atoms with van der Waals surface area (Å²) < 4.78 is 5.27. The van der Waals surface area contributed by atoms with E-state index in [2.05, 4.69) is 49.5 Å². The minimum Gasteiger partial charge on any atom is -0.384 e. The van der Waals surface area contributed by atoms with Crippen LogP contribution in [0.1, 0.15) is 19.4 Å². The lowest BCUT2D eigenvalue weighted by molar-refractivity contribution is 0.149. The predicted octanol–water partition coefficient (Wildman–Crippen LogP) is 2.49. The van der Waals surface area contributed by atoms with E-state index in [9.17, 15) is 0 Å². The molecule has 1 atom stereocenters. The Morgan fingerprint density at radius 2 is 1.88 bits per heavy atom. The Labute approximate surface area is 99.0 Å². The highest BCUT2D eigenvalue weighted by atomic mass is 16.5. The number of benzene rings is 1. The maximum absolute atomic E-state index is 5.27. The van der Waals surface area contributed by atoms with Crippen LogP contribution in [0.3, 0.4) is 0 Å². The second-order valence-corrected chi connectivity index (χ2v) is 4.57. The van der Waals surface area contributed by atoms with Gasteiger partial charge in [0.05, 0.1) is 6.61 Å². The van der Waals surface area contributed by atoms with E-state index in [-0.39, 0.29) is 0 Å². The number of ether oxygens (including phenoxy) is 1. The summed E-state index contributed by atoms with van der Waals surface area (Å²) in [5.41, 5.74) is 1.38. The molecule has 16 heavy (non-hydrogen) atoms. The van der Waals surface area contributed by atoms with E-state index in [1.54, 1.807) is 7.11 Å². The van der Waals surface area contributed by atoms with Crippen molar-refractivity contribution in [2.45, 2.75) is 26.3 Å². The van der Waals surface area contributed by atoms with Crippen molar-refractivity contribution in [1.82, 2.24) is 5.32 Å². The highest BCUT2D eigenvalue weighted by molar-refractivity contribution is 5.15. The molecule has 0 aliphatic rings. The quantitative estimate of drug-likeness (QED) is 0.764. The summed E-state index contributed by atoms with van der Waals surface area (Å²) in [6, 6.07) is 11.1. The van der Waals surface area contributed by atoms with E-state index >= 15 is 0 Å². The molecule has 0 aromatic heterocycles. The molecule has 0 aliphatic heterocycles. The Hall–Kier alpha value is -0.860. The zero-order chi connectivity index (χ0) is 11.8. The van der Waals surface area contributed by atoms with Crippen LogP contribution in [-0.4, -0.2) is 26.3 Å². The minimum atomic E-state index is 0.537. The Bertz CT molecular complexity index is 271. The zero-order valence-electron chi connectivity index (χ0n) is 10.6. The smallest absolute Gasteiger partial charge is 0.0505 e. The van der Waals surface area contributed by atoms with Crippen LogP contribution < -0.4 is 5.32 Å². The van der Waals surface area contributed by atoms with Crippen LogP contribution in [0.4, 0.5) is 0 Å². The SMILES string of the molecule is COCC(CNC(C)C)Cc1ccccc1. The Balaban J connectivity index is 2.44. The summed E-state index contributed by atoms with van der Waals surface area (Å²) in [6.45, 7) is 6.17. The van der Waals surface area contributed by atoms with Gasteiger partial charge in [-0.05, 0) is 17.9 Å². The molecule has 90 valence electrons. The third kappa shape index (κ3) is 5.29. The van der Waals surface area contributed by atoms with Crippen molar-refractivity contribution >= 4 is 0 Å². The average molecular weight is 221 g/mol. The van der Waals surface area contributed by atoms with Crippen molar-refractivity contribution in [2.24, 2.45) is 5.92 Å². The molecular weight excluding hydrogens is 198 g/mol. The Kier molecular flexibility index (Phi) is 6.12. The van der Waals surface area contributed by atoms with Crippen LogP contribution in [0.5, 0.6) is 0 Å². The molecule has 0 amide bonds. The van der Waals surface area contributed by atoms with Crippen LogP contribution in [0, 0.1) is 5.92 Å². The monoisotopic (exact) mass is 221 g/mol. The van der Waals surface area contributed by atoms with Crippen LogP contribution in [0.25, 0.3) is 0 Å². The molecule has 0 aliphatic carbocycles. The van der Waals surface area contributed by atoms with Gasteiger partial charge in [0.1, 0.15) is 0 Å². The summed E-state index contributed by atoms with van der Waals surface area (Å²) in [5.74, 6) is 0.551. The van der Waals surface area contributed by atoms with Crippen molar-refractivity contribution in [2.75, 3.05) is 20.3 Å². The molecule has 0 radical (unpaired) electrons. The number of nitrogens with one attached hydrogen (secondary N) is 1. The highest BCUT2D eigenvalue weighted by Gasteiger charge is 2.09. The molecule has 0 heterocycles. The molecule has 0 fully saturated rings. The first-order valence-corrected chi connectivity index (χ1v) is 5.98. The second kappa shape index (κ2) is 7.42. The maximum atomic E-state index is 5.27. The predicted molar refractivity (Wildman–Crippen MR) is 68.7 cm³/mol. The number of hydrogen-bond acceptors (Lipinski definition) is 2. The van der Waals surface area contributed by atoms with Gasteiger partial charge in [-0.1, -0.05) is 44.2 Å². The lowest BCUT2D eigenvalue weighted by atomic mass is 10.00. The van der Waals surface area contributed by atoms with Gasteiger partial charge in [-0.25, -0.2) is 0 Å². The minimum absolute atomic E-state index is 0.537. The van der Waals surface area contributed by atoms with Crippen LogP contribution in [0.2, 0.25) is 0 Å². The van der Waals surface area contributed by atoms with Crippen molar-refractivity contribution in [1.29, 1.82) is 0 Å². The first-order chi connectivity index (χ1) is 7.72. The van der Waals surface area contributed by atoms with Gasteiger partial charge in [0, 0.05) is 19.7 Å². The van der Waals surface area contributed by atoms with E-state index < -0.39 is 0 Å². The van der Waals surface area contributed by atoms with Gasteiger partial charge < -0.3 is 10.1 Å². The number of hydrogen-bond donors (Lipinski definition) is 1. The highest BCUT2D eigenvalue weighted by Crippen LogP contribution is 2.08. The van der Waals surface area contributed by atoms with Crippen molar-refractivity contribution < 1.29 is 4.74 Å². The molecule has 1 aromatic rings. The molecule has 1 N–H and O–H groups in total. The summed E-state index contributed by atoms with van der Waals surface area (Å²) >= 11 is 0. The Morgan fingerprint density at radius 3 is 2.44 bits per heavy atom. The molecule has 0 spiro atoms. The molecule has 0 saturated carbocycles. The van der Waals surface area contributed by atoms with E-state index in [1.807, 2.05) is 0 Å². The maximum Gasteiger partial charge on any atom is 0.0505 e. The van der Waals surface area contributed by atoms with E-state index in [1.165, 1.54) is 5.56 Å². The van der Waals surface area contributed by atoms with Crippen LogP contribution in [0.15, 0.2) is 30.3 Å². The fraction of sp³-hybridized carbons (Fsp3) is 0.571. The summed E-state index contributed by atoms with van der Waals surface area (Å²) in [4.78, 5) is 0. The van der Waals surface area contributed by atoms with Gasteiger partial charge >= 0.3 is 0 Å².